The highest BCUT2D eigenvalue weighted by atomic mass is 16.5. The van der Waals surface area contributed by atoms with E-state index in [0.29, 0.717) is 6.61 Å². The molecule has 0 saturated carbocycles. The number of fused-ring (bicyclic) bond motifs is 1. The topological polar surface area (TPSA) is 37.0 Å². The first-order valence-corrected chi connectivity index (χ1v) is 10.0. The van der Waals surface area contributed by atoms with Crippen LogP contribution in [0.2, 0.25) is 0 Å². The molecule has 0 bridgehead atoms. The quantitative estimate of drug-likeness (QED) is 0.363. The minimum Gasteiger partial charge on any atom is -0.489 e. The minimum atomic E-state index is 0.582. The van der Waals surface area contributed by atoms with Crippen molar-refractivity contribution in [2.24, 2.45) is 0 Å². The van der Waals surface area contributed by atoms with Gasteiger partial charge in [0.25, 0.3) is 0 Å². The third kappa shape index (κ3) is 4.95. The predicted octanol–water partition coefficient (Wildman–Crippen LogP) is 5.72. The van der Waals surface area contributed by atoms with Gasteiger partial charge < -0.3 is 15.0 Å². The lowest BCUT2D eigenvalue weighted by Crippen LogP contribution is -2.16. The molecule has 0 amide bonds. The highest BCUT2D eigenvalue weighted by Gasteiger charge is 2.06. The van der Waals surface area contributed by atoms with Gasteiger partial charge in [-0.05, 0) is 53.4 Å². The van der Waals surface area contributed by atoms with Crippen LogP contribution in [0.5, 0.6) is 5.75 Å². The van der Waals surface area contributed by atoms with Crippen molar-refractivity contribution in [2.75, 3.05) is 6.54 Å². The average molecular weight is 383 g/mol. The van der Waals surface area contributed by atoms with Gasteiger partial charge in [0.15, 0.2) is 0 Å². The second-order valence-corrected chi connectivity index (χ2v) is 7.17. The molecule has 0 fully saturated rings. The Hall–Kier alpha value is -3.30. The van der Waals surface area contributed by atoms with E-state index in [0.717, 1.165) is 36.3 Å². The summed E-state index contributed by atoms with van der Waals surface area (Å²) in [6, 6.07) is 25.0. The van der Waals surface area contributed by atoms with Gasteiger partial charge in [0, 0.05) is 23.6 Å². The Morgan fingerprint density at radius 3 is 2.55 bits per heavy atom. The molecule has 3 nitrogen and oxygen atoms in total. The van der Waals surface area contributed by atoms with E-state index in [2.05, 4.69) is 71.6 Å². The molecule has 0 aliphatic carbocycles. The van der Waals surface area contributed by atoms with Gasteiger partial charge >= 0.3 is 0 Å². The fourth-order valence-corrected chi connectivity index (χ4v) is 3.42. The van der Waals surface area contributed by atoms with Gasteiger partial charge in [0.05, 0.1) is 0 Å². The number of aromatic nitrogens is 1. The molecular weight excluding hydrogens is 356 g/mol. The van der Waals surface area contributed by atoms with Crippen LogP contribution in [-0.4, -0.2) is 11.5 Å². The number of rotatable bonds is 9. The smallest absolute Gasteiger partial charge is 0.120 e. The van der Waals surface area contributed by atoms with Gasteiger partial charge in [-0.25, -0.2) is 0 Å². The summed E-state index contributed by atoms with van der Waals surface area (Å²) < 4.78 is 5.99. The minimum absolute atomic E-state index is 0.582. The van der Waals surface area contributed by atoms with Crippen LogP contribution in [0.25, 0.3) is 17.0 Å². The Labute approximate surface area is 172 Å². The van der Waals surface area contributed by atoms with E-state index in [9.17, 15) is 0 Å². The Bertz CT molecular complexity index is 1070. The highest BCUT2D eigenvalue weighted by molar-refractivity contribution is 5.84. The maximum Gasteiger partial charge on any atom is 0.120 e. The highest BCUT2D eigenvalue weighted by Crippen LogP contribution is 2.24. The van der Waals surface area contributed by atoms with Crippen molar-refractivity contribution < 1.29 is 4.74 Å². The Kier molecular flexibility index (Phi) is 6.08. The zero-order chi connectivity index (χ0) is 19.9. The molecule has 146 valence electrons. The molecule has 0 radical (unpaired) electrons. The summed E-state index contributed by atoms with van der Waals surface area (Å²) >= 11 is 0. The molecule has 0 aliphatic heterocycles. The average Bonchev–Trinajstić information content (AvgIpc) is 3.18. The van der Waals surface area contributed by atoms with Crippen molar-refractivity contribution in [3.8, 4) is 5.75 Å². The van der Waals surface area contributed by atoms with Gasteiger partial charge in [-0.15, -0.1) is 0 Å². The number of hydrogen-bond donors (Lipinski definition) is 2. The molecule has 29 heavy (non-hydrogen) atoms. The summed E-state index contributed by atoms with van der Waals surface area (Å²) in [4.78, 5) is 3.37. The van der Waals surface area contributed by atoms with Gasteiger partial charge in [-0.3, -0.25) is 0 Å². The number of aromatic amines is 1. The molecule has 4 aromatic rings. The van der Waals surface area contributed by atoms with Gasteiger partial charge in [0.1, 0.15) is 12.4 Å². The molecule has 3 heteroatoms. The molecule has 3 aromatic carbocycles. The van der Waals surface area contributed by atoms with E-state index in [4.69, 9.17) is 4.74 Å². The monoisotopic (exact) mass is 382 g/mol. The second-order valence-electron chi connectivity index (χ2n) is 7.17. The van der Waals surface area contributed by atoms with Crippen molar-refractivity contribution in [1.82, 2.24) is 10.3 Å². The Morgan fingerprint density at radius 2 is 1.76 bits per heavy atom. The molecule has 0 spiro atoms. The molecule has 2 N–H and O–H groups in total. The Morgan fingerprint density at radius 1 is 0.931 bits per heavy atom. The lowest BCUT2D eigenvalue weighted by molar-refractivity contribution is 0.306. The fourth-order valence-electron chi connectivity index (χ4n) is 3.42. The van der Waals surface area contributed by atoms with Crippen LogP contribution in [0.15, 0.2) is 85.6 Å². The molecule has 1 aromatic heterocycles. The van der Waals surface area contributed by atoms with E-state index < -0.39 is 0 Å². The van der Waals surface area contributed by atoms with Crippen molar-refractivity contribution >= 4 is 17.0 Å². The third-order valence-corrected chi connectivity index (χ3v) is 5.10. The van der Waals surface area contributed by atoms with Crippen LogP contribution < -0.4 is 10.1 Å². The van der Waals surface area contributed by atoms with Crippen LogP contribution in [0.1, 0.15) is 22.3 Å². The van der Waals surface area contributed by atoms with Gasteiger partial charge in [0.2, 0.25) is 0 Å². The molecular formula is C26H26N2O. The van der Waals surface area contributed by atoms with E-state index in [-0.39, 0.29) is 0 Å². The SMILES string of the molecule is C=Cc1ccc(CNCCc2c[nH]c3ccc(OCc4ccccc4)cc23)cc1. The predicted molar refractivity (Wildman–Crippen MR) is 121 cm³/mol. The number of nitrogens with one attached hydrogen (secondary N) is 2. The summed E-state index contributed by atoms with van der Waals surface area (Å²) in [6.45, 7) is 6.16. The van der Waals surface area contributed by atoms with E-state index >= 15 is 0 Å². The molecule has 1 heterocycles. The van der Waals surface area contributed by atoms with Crippen LogP contribution in [0, 0.1) is 0 Å². The molecule has 0 unspecified atom stereocenters. The zero-order valence-electron chi connectivity index (χ0n) is 16.5. The normalized spacial score (nSPS) is 10.9. The maximum absolute atomic E-state index is 5.99. The van der Waals surface area contributed by atoms with Gasteiger partial charge in [-0.1, -0.05) is 67.3 Å². The molecule has 0 atom stereocenters. The molecule has 0 saturated heterocycles. The second kappa shape index (κ2) is 9.26. The van der Waals surface area contributed by atoms with E-state index in [1.54, 1.807) is 0 Å². The fraction of sp³-hybridized carbons (Fsp3) is 0.154. The van der Waals surface area contributed by atoms with Crippen LogP contribution >= 0.6 is 0 Å². The number of benzene rings is 3. The molecule has 0 aliphatic rings. The van der Waals surface area contributed by atoms with Crippen molar-refractivity contribution in [3.05, 3.63) is 108 Å². The molecule has 4 rings (SSSR count). The first-order chi connectivity index (χ1) is 14.3. The summed E-state index contributed by atoms with van der Waals surface area (Å²) in [5, 5.41) is 4.76. The number of ether oxygens (including phenoxy) is 1. The van der Waals surface area contributed by atoms with E-state index in [1.807, 2.05) is 30.3 Å². The standard InChI is InChI=1S/C26H26N2O/c1-2-20-8-10-21(11-9-20)17-27-15-14-23-18-28-26-13-12-24(16-25(23)26)29-19-22-6-4-3-5-7-22/h2-13,16,18,27-28H,1,14-15,17,19H2. The Balaban J connectivity index is 1.34. The maximum atomic E-state index is 5.99. The lowest BCUT2D eigenvalue weighted by Gasteiger charge is -2.08. The van der Waals surface area contributed by atoms with Crippen molar-refractivity contribution in [1.29, 1.82) is 0 Å². The van der Waals surface area contributed by atoms with Crippen molar-refractivity contribution in [3.63, 3.8) is 0 Å². The van der Waals surface area contributed by atoms with Crippen LogP contribution in [-0.2, 0) is 19.6 Å². The summed E-state index contributed by atoms with van der Waals surface area (Å²) in [5.74, 6) is 0.900. The van der Waals surface area contributed by atoms with Gasteiger partial charge in [-0.2, -0.15) is 0 Å². The summed E-state index contributed by atoms with van der Waals surface area (Å²) in [6.07, 6.45) is 4.94. The first-order valence-electron chi connectivity index (χ1n) is 10.0. The van der Waals surface area contributed by atoms with Crippen LogP contribution in [0.3, 0.4) is 0 Å². The number of H-pyrrole nitrogens is 1. The zero-order valence-corrected chi connectivity index (χ0v) is 16.5. The van der Waals surface area contributed by atoms with E-state index in [1.165, 1.54) is 22.1 Å². The van der Waals surface area contributed by atoms with Crippen molar-refractivity contribution in [2.45, 2.75) is 19.6 Å². The summed E-state index contributed by atoms with van der Waals surface area (Å²) in [7, 11) is 0. The third-order valence-electron chi connectivity index (χ3n) is 5.10. The first kappa shape index (κ1) is 19.0. The summed E-state index contributed by atoms with van der Waals surface area (Å²) in [5.41, 5.74) is 6.06. The largest absolute Gasteiger partial charge is 0.489 e. The van der Waals surface area contributed by atoms with Crippen LogP contribution in [0.4, 0.5) is 0 Å². The lowest BCUT2D eigenvalue weighted by atomic mass is 10.1. The number of hydrogen-bond acceptors (Lipinski definition) is 2.